The summed E-state index contributed by atoms with van der Waals surface area (Å²) in [5, 5.41) is 4.76. The smallest absolute Gasteiger partial charge is 0.121 e. The minimum atomic E-state index is 0.0583. The molecule has 1 aromatic heterocycles. The quantitative estimate of drug-likeness (QED) is 0.559. The Kier molecular flexibility index (Phi) is 7.91. The lowest BCUT2D eigenvalue weighted by Crippen LogP contribution is -2.50. The second-order valence-corrected chi connectivity index (χ2v) is 8.04. The van der Waals surface area contributed by atoms with Gasteiger partial charge in [-0.15, -0.1) is 0 Å². The number of nitrogens with zero attached hydrogens (tertiary/aromatic N) is 2. The number of pyridine rings is 1. The first kappa shape index (κ1) is 21.5. The zero-order chi connectivity index (χ0) is 19.9. The van der Waals surface area contributed by atoms with Crippen molar-refractivity contribution in [2.75, 3.05) is 32.1 Å². The molecule has 27 heavy (non-hydrogen) atoms. The van der Waals surface area contributed by atoms with Crippen molar-refractivity contribution in [3.8, 4) is 5.75 Å². The molecule has 0 saturated carbocycles. The summed E-state index contributed by atoms with van der Waals surface area (Å²) < 4.78 is 5.48. The van der Waals surface area contributed by atoms with Gasteiger partial charge in [0.25, 0.3) is 0 Å². The molecular formula is C23H37N3O. The van der Waals surface area contributed by atoms with E-state index in [1.54, 1.807) is 7.11 Å². The van der Waals surface area contributed by atoms with Crippen molar-refractivity contribution >= 4 is 16.6 Å². The maximum absolute atomic E-state index is 5.48. The van der Waals surface area contributed by atoms with Gasteiger partial charge in [0, 0.05) is 36.3 Å². The van der Waals surface area contributed by atoms with Crippen molar-refractivity contribution < 1.29 is 4.74 Å². The lowest BCUT2D eigenvalue weighted by atomic mass is 9.96. The average molecular weight is 372 g/mol. The van der Waals surface area contributed by atoms with E-state index in [0.29, 0.717) is 0 Å². The zero-order valence-electron chi connectivity index (χ0n) is 18.0. The highest BCUT2D eigenvalue weighted by Crippen LogP contribution is 2.29. The molecule has 0 fully saturated rings. The number of anilines is 1. The number of methoxy groups -OCH3 is 1. The van der Waals surface area contributed by atoms with E-state index in [1.165, 1.54) is 19.3 Å². The molecule has 0 unspecified atom stereocenters. The topological polar surface area (TPSA) is 37.4 Å². The van der Waals surface area contributed by atoms with Crippen molar-refractivity contribution in [3.63, 3.8) is 0 Å². The molecule has 150 valence electrons. The fourth-order valence-electron chi connectivity index (χ4n) is 3.61. The molecule has 2 rings (SSSR count). The fraction of sp³-hybridized carbons (Fsp3) is 0.609. The Morgan fingerprint density at radius 2 is 1.93 bits per heavy atom. The van der Waals surface area contributed by atoms with Crippen molar-refractivity contribution in [1.29, 1.82) is 0 Å². The van der Waals surface area contributed by atoms with E-state index >= 15 is 0 Å². The van der Waals surface area contributed by atoms with E-state index in [1.807, 2.05) is 18.3 Å². The Morgan fingerprint density at radius 1 is 1.19 bits per heavy atom. The predicted octanol–water partition coefficient (Wildman–Crippen LogP) is 5.58. The molecule has 0 aliphatic rings. The molecule has 0 atom stereocenters. The van der Waals surface area contributed by atoms with Crippen LogP contribution in [0.1, 0.15) is 53.9 Å². The van der Waals surface area contributed by atoms with Crippen LogP contribution in [0.25, 0.3) is 10.9 Å². The molecule has 1 heterocycles. The maximum Gasteiger partial charge on any atom is 0.121 e. The van der Waals surface area contributed by atoms with Gasteiger partial charge in [0.1, 0.15) is 5.75 Å². The molecule has 4 nitrogen and oxygen atoms in total. The summed E-state index contributed by atoms with van der Waals surface area (Å²) in [6, 6.07) is 8.14. The number of fused-ring (bicyclic) bond motifs is 1. The molecule has 0 saturated heterocycles. The summed E-state index contributed by atoms with van der Waals surface area (Å²) in [7, 11) is 1.71. The van der Waals surface area contributed by atoms with Gasteiger partial charge < -0.3 is 10.1 Å². The summed E-state index contributed by atoms with van der Waals surface area (Å²) in [4.78, 5) is 7.23. The first-order valence-corrected chi connectivity index (χ1v) is 10.4. The van der Waals surface area contributed by atoms with Crippen molar-refractivity contribution in [3.05, 3.63) is 30.5 Å². The maximum atomic E-state index is 5.48. The highest BCUT2D eigenvalue weighted by Gasteiger charge is 2.27. The van der Waals surface area contributed by atoms with Gasteiger partial charge in [0.05, 0.1) is 18.3 Å². The lowest BCUT2D eigenvalue weighted by molar-refractivity contribution is 0.105. The number of aromatic nitrogens is 1. The number of nitrogens with one attached hydrogen (secondary N) is 1. The minimum absolute atomic E-state index is 0.0583. The van der Waals surface area contributed by atoms with Crippen LogP contribution in [-0.2, 0) is 0 Å². The van der Waals surface area contributed by atoms with Gasteiger partial charge in [-0.3, -0.25) is 9.88 Å². The molecule has 0 aliphatic heterocycles. The van der Waals surface area contributed by atoms with E-state index in [2.05, 4.69) is 62.0 Å². The highest BCUT2D eigenvalue weighted by atomic mass is 16.5. The average Bonchev–Trinajstić information content (AvgIpc) is 2.69. The summed E-state index contributed by atoms with van der Waals surface area (Å²) in [6.07, 6.45) is 5.50. The monoisotopic (exact) mass is 371 g/mol. The van der Waals surface area contributed by atoms with Crippen molar-refractivity contribution in [2.24, 2.45) is 5.92 Å². The molecule has 0 amide bonds. The minimum Gasteiger partial charge on any atom is -0.497 e. The second-order valence-electron chi connectivity index (χ2n) is 8.04. The molecule has 0 spiro atoms. The van der Waals surface area contributed by atoms with Crippen molar-refractivity contribution in [1.82, 2.24) is 9.88 Å². The van der Waals surface area contributed by atoms with Gasteiger partial charge in [-0.2, -0.15) is 0 Å². The number of benzene rings is 1. The first-order valence-electron chi connectivity index (χ1n) is 10.4. The molecule has 4 heteroatoms. The standard InChI is InChI=1S/C23H37N3O/c1-7-13-26(16-18(8-2)9-3)23(4,5)17-25-21-15-20(27-6)14-19-11-10-12-24-22(19)21/h10-12,14-15,18,25H,7-9,13,16-17H2,1-6H3. The van der Waals surface area contributed by atoms with E-state index in [9.17, 15) is 0 Å². The number of hydrogen-bond acceptors (Lipinski definition) is 4. The summed E-state index contributed by atoms with van der Waals surface area (Å²) in [5.41, 5.74) is 2.09. The van der Waals surface area contributed by atoms with E-state index < -0.39 is 0 Å². The Morgan fingerprint density at radius 3 is 2.56 bits per heavy atom. The van der Waals surface area contributed by atoms with Gasteiger partial charge >= 0.3 is 0 Å². The first-order chi connectivity index (χ1) is 12.9. The van der Waals surface area contributed by atoms with Gasteiger partial charge in [0.15, 0.2) is 0 Å². The molecular weight excluding hydrogens is 334 g/mol. The number of ether oxygens (including phenoxy) is 1. The Labute approximate surface area is 165 Å². The normalized spacial score (nSPS) is 12.1. The van der Waals surface area contributed by atoms with Crippen LogP contribution in [0.3, 0.4) is 0 Å². The van der Waals surface area contributed by atoms with Crippen LogP contribution in [0.15, 0.2) is 30.5 Å². The van der Waals surface area contributed by atoms with Crippen LogP contribution in [0.5, 0.6) is 5.75 Å². The molecule has 0 bridgehead atoms. The van der Waals surface area contributed by atoms with Crippen LogP contribution >= 0.6 is 0 Å². The van der Waals surface area contributed by atoms with Gasteiger partial charge in [-0.25, -0.2) is 0 Å². The van der Waals surface area contributed by atoms with Crippen LogP contribution in [0.2, 0.25) is 0 Å². The van der Waals surface area contributed by atoms with Crippen LogP contribution in [0, 0.1) is 5.92 Å². The summed E-state index contributed by atoms with van der Waals surface area (Å²) in [6.45, 7) is 14.7. The molecule has 0 radical (unpaired) electrons. The summed E-state index contributed by atoms with van der Waals surface area (Å²) >= 11 is 0. The number of rotatable bonds is 11. The van der Waals surface area contributed by atoms with Gasteiger partial charge in [0.2, 0.25) is 0 Å². The lowest BCUT2D eigenvalue weighted by Gasteiger charge is -2.41. The van der Waals surface area contributed by atoms with Crippen molar-refractivity contribution in [2.45, 2.75) is 59.4 Å². The van der Waals surface area contributed by atoms with E-state index in [4.69, 9.17) is 4.74 Å². The Hall–Kier alpha value is -1.81. The van der Waals surface area contributed by atoms with Crippen LogP contribution in [-0.4, -0.2) is 42.2 Å². The molecule has 1 N–H and O–H groups in total. The summed E-state index contributed by atoms with van der Waals surface area (Å²) in [5.74, 6) is 1.62. The Bertz CT molecular complexity index is 710. The fourth-order valence-corrected chi connectivity index (χ4v) is 3.61. The third-order valence-electron chi connectivity index (χ3n) is 5.61. The number of hydrogen-bond donors (Lipinski definition) is 1. The van der Waals surface area contributed by atoms with Crippen LogP contribution < -0.4 is 10.1 Å². The highest BCUT2D eigenvalue weighted by molar-refractivity contribution is 5.91. The predicted molar refractivity (Wildman–Crippen MR) is 117 cm³/mol. The SMILES string of the molecule is CCCN(CC(CC)CC)C(C)(C)CNc1cc(OC)cc2cccnc12. The van der Waals surface area contributed by atoms with E-state index in [-0.39, 0.29) is 5.54 Å². The van der Waals surface area contributed by atoms with E-state index in [0.717, 1.165) is 47.9 Å². The largest absolute Gasteiger partial charge is 0.497 e. The third kappa shape index (κ3) is 5.58. The molecule has 2 aromatic rings. The third-order valence-corrected chi connectivity index (χ3v) is 5.61. The van der Waals surface area contributed by atoms with Crippen LogP contribution in [0.4, 0.5) is 5.69 Å². The molecule has 1 aromatic carbocycles. The molecule has 0 aliphatic carbocycles. The second kappa shape index (κ2) is 9.93. The van der Waals surface area contributed by atoms with Gasteiger partial charge in [-0.1, -0.05) is 39.7 Å². The van der Waals surface area contributed by atoms with Gasteiger partial charge in [-0.05, 0) is 44.9 Å². The zero-order valence-corrected chi connectivity index (χ0v) is 18.0. The Balaban J connectivity index is 2.20.